The smallest absolute Gasteiger partial charge is 0.161 e. The molecule has 0 unspecified atom stereocenters. The van der Waals surface area contributed by atoms with Crippen molar-refractivity contribution < 1.29 is 9.53 Å². The van der Waals surface area contributed by atoms with Gasteiger partial charge in [-0.15, -0.1) is 0 Å². The molecule has 4 heteroatoms. The van der Waals surface area contributed by atoms with Gasteiger partial charge in [0.25, 0.3) is 0 Å². The first-order chi connectivity index (χ1) is 11.9. The van der Waals surface area contributed by atoms with E-state index in [4.69, 9.17) is 4.74 Å². The van der Waals surface area contributed by atoms with Gasteiger partial charge in [-0.2, -0.15) is 0 Å². The predicted octanol–water partition coefficient (Wildman–Crippen LogP) is 3.83. The third kappa shape index (κ3) is 4.20. The van der Waals surface area contributed by atoms with E-state index in [9.17, 15) is 4.79 Å². The number of carbonyl (C=O) groups excluding carboxylic acids is 1. The number of benzene rings is 1. The second-order valence-corrected chi connectivity index (χ2v) is 7.40. The van der Waals surface area contributed by atoms with E-state index in [1.54, 1.807) is 6.92 Å². The molecule has 1 fully saturated rings. The summed E-state index contributed by atoms with van der Waals surface area (Å²) in [4.78, 5) is 14.1. The Morgan fingerprint density at radius 3 is 2.56 bits per heavy atom. The molecule has 1 aliphatic heterocycles. The molecule has 2 heterocycles. The minimum atomic E-state index is 0.0925. The summed E-state index contributed by atoms with van der Waals surface area (Å²) in [6, 6.07) is 12.5. The van der Waals surface area contributed by atoms with Gasteiger partial charge in [-0.25, -0.2) is 0 Å². The van der Waals surface area contributed by atoms with Crippen molar-refractivity contribution >= 4 is 5.78 Å². The molecular weight excluding hydrogens is 312 g/mol. The molecule has 1 aromatic heterocycles. The van der Waals surface area contributed by atoms with Crippen molar-refractivity contribution in [2.75, 3.05) is 13.1 Å². The Balaban J connectivity index is 1.79. The molecule has 0 N–H and O–H groups in total. The highest BCUT2D eigenvalue weighted by Crippen LogP contribution is 2.29. The fourth-order valence-corrected chi connectivity index (χ4v) is 3.40. The summed E-state index contributed by atoms with van der Waals surface area (Å²) in [5.41, 5.74) is 3.18. The summed E-state index contributed by atoms with van der Waals surface area (Å²) in [5, 5.41) is 0. The minimum absolute atomic E-state index is 0.0925. The van der Waals surface area contributed by atoms with Gasteiger partial charge in [-0.1, -0.05) is 44.2 Å². The molecule has 0 aliphatic carbocycles. The summed E-state index contributed by atoms with van der Waals surface area (Å²) in [7, 11) is 2.01. The van der Waals surface area contributed by atoms with E-state index >= 15 is 0 Å². The van der Waals surface area contributed by atoms with Crippen LogP contribution in [0.4, 0.5) is 0 Å². The standard InChI is InChI=1S/C21H28N2O2/c1-15(2)20-13-23(12-19-10-18(16(3)24)11-22(19)4)14-21(25-20)17-8-6-5-7-9-17/h5-11,15,20-21H,12-14H2,1-4H3/t20-,21+/m1/s1. The van der Waals surface area contributed by atoms with Crippen LogP contribution in [0.5, 0.6) is 0 Å². The Morgan fingerprint density at radius 2 is 1.96 bits per heavy atom. The first-order valence-corrected chi connectivity index (χ1v) is 9.03. The van der Waals surface area contributed by atoms with Crippen molar-refractivity contribution in [3.05, 3.63) is 59.4 Å². The van der Waals surface area contributed by atoms with Crippen molar-refractivity contribution in [3.8, 4) is 0 Å². The van der Waals surface area contributed by atoms with Gasteiger partial charge in [0, 0.05) is 44.1 Å². The molecule has 1 aromatic carbocycles. The summed E-state index contributed by atoms with van der Waals surface area (Å²) in [6.45, 7) is 8.67. The number of nitrogens with zero attached hydrogens (tertiary/aromatic N) is 2. The van der Waals surface area contributed by atoms with E-state index in [1.165, 1.54) is 11.3 Å². The lowest BCUT2D eigenvalue weighted by Gasteiger charge is -2.40. The number of ether oxygens (including phenoxy) is 1. The summed E-state index contributed by atoms with van der Waals surface area (Å²) < 4.78 is 8.44. The highest BCUT2D eigenvalue weighted by atomic mass is 16.5. The number of carbonyl (C=O) groups is 1. The fourth-order valence-electron chi connectivity index (χ4n) is 3.40. The molecule has 0 amide bonds. The van der Waals surface area contributed by atoms with Crippen LogP contribution in [0.3, 0.4) is 0 Å². The van der Waals surface area contributed by atoms with Crippen molar-refractivity contribution in [1.82, 2.24) is 9.47 Å². The van der Waals surface area contributed by atoms with Gasteiger partial charge in [0.15, 0.2) is 5.78 Å². The molecule has 2 aromatic rings. The average molecular weight is 340 g/mol. The lowest BCUT2D eigenvalue weighted by atomic mass is 10.0. The van der Waals surface area contributed by atoms with Gasteiger partial charge in [0.05, 0.1) is 12.2 Å². The number of Topliss-reactive ketones (excluding diaryl/α,β-unsaturated/α-hetero) is 1. The van der Waals surface area contributed by atoms with Crippen molar-refractivity contribution in [1.29, 1.82) is 0 Å². The molecule has 0 bridgehead atoms. The van der Waals surface area contributed by atoms with E-state index in [2.05, 4.69) is 47.6 Å². The van der Waals surface area contributed by atoms with Crippen LogP contribution in [0, 0.1) is 5.92 Å². The number of aryl methyl sites for hydroxylation is 1. The van der Waals surface area contributed by atoms with Crippen LogP contribution in [0.25, 0.3) is 0 Å². The van der Waals surface area contributed by atoms with Gasteiger partial charge in [0.2, 0.25) is 0 Å². The van der Waals surface area contributed by atoms with Crippen LogP contribution in [0.15, 0.2) is 42.6 Å². The molecule has 4 nitrogen and oxygen atoms in total. The monoisotopic (exact) mass is 340 g/mol. The first kappa shape index (κ1) is 17.9. The molecule has 25 heavy (non-hydrogen) atoms. The normalized spacial score (nSPS) is 21.6. The minimum Gasteiger partial charge on any atom is -0.367 e. The maximum atomic E-state index is 11.6. The van der Waals surface area contributed by atoms with Crippen LogP contribution in [-0.4, -0.2) is 34.4 Å². The quantitative estimate of drug-likeness (QED) is 0.776. The lowest BCUT2D eigenvalue weighted by molar-refractivity contribution is -0.108. The Kier molecular flexibility index (Phi) is 5.40. The molecule has 0 saturated carbocycles. The number of rotatable bonds is 5. The highest BCUT2D eigenvalue weighted by molar-refractivity contribution is 5.94. The summed E-state index contributed by atoms with van der Waals surface area (Å²) >= 11 is 0. The summed E-state index contributed by atoms with van der Waals surface area (Å²) in [6.07, 6.45) is 2.23. The van der Waals surface area contributed by atoms with E-state index < -0.39 is 0 Å². The maximum Gasteiger partial charge on any atom is 0.161 e. The molecule has 1 aliphatic rings. The first-order valence-electron chi connectivity index (χ1n) is 9.03. The largest absolute Gasteiger partial charge is 0.367 e. The zero-order valence-electron chi connectivity index (χ0n) is 15.6. The van der Waals surface area contributed by atoms with Gasteiger partial charge in [-0.3, -0.25) is 9.69 Å². The van der Waals surface area contributed by atoms with Crippen LogP contribution >= 0.6 is 0 Å². The number of hydrogen-bond acceptors (Lipinski definition) is 3. The zero-order chi connectivity index (χ0) is 18.0. The maximum absolute atomic E-state index is 11.6. The van der Waals surface area contributed by atoms with Crippen molar-refractivity contribution in [2.45, 2.75) is 39.5 Å². The Labute approximate surface area is 150 Å². The van der Waals surface area contributed by atoms with Crippen LogP contribution in [0.1, 0.15) is 48.5 Å². The molecule has 0 radical (unpaired) electrons. The van der Waals surface area contributed by atoms with Gasteiger partial charge in [-0.05, 0) is 24.5 Å². The lowest BCUT2D eigenvalue weighted by Crippen LogP contribution is -2.45. The SMILES string of the molecule is CC(=O)c1cc(CN2C[C@@H](c3ccccc3)O[C@@H](C(C)C)C2)n(C)c1. The van der Waals surface area contributed by atoms with E-state index in [1.807, 2.05) is 25.4 Å². The van der Waals surface area contributed by atoms with Crippen molar-refractivity contribution in [2.24, 2.45) is 13.0 Å². The molecule has 134 valence electrons. The van der Waals surface area contributed by atoms with Crippen LogP contribution in [-0.2, 0) is 18.3 Å². The predicted molar refractivity (Wildman–Crippen MR) is 99.6 cm³/mol. The third-order valence-corrected chi connectivity index (χ3v) is 5.02. The number of hydrogen-bond donors (Lipinski definition) is 0. The van der Waals surface area contributed by atoms with Gasteiger partial charge in [0.1, 0.15) is 0 Å². The van der Waals surface area contributed by atoms with Crippen LogP contribution in [0.2, 0.25) is 0 Å². The molecule has 1 saturated heterocycles. The summed E-state index contributed by atoms with van der Waals surface area (Å²) in [5.74, 6) is 0.584. The second kappa shape index (κ2) is 7.54. The zero-order valence-corrected chi connectivity index (χ0v) is 15.6. The second-order valence-electron chi connectivity index (χ2n) is 7.40. The Hall–Kier alpha value is -1.91. The third-order valence-electron chi connectivity index (χ3n) is 5.02. The molecule has 2 atom stereocenters. The van der Waals surface area contributed by atoms with E-state index in [-0.39, 0.29) is 18.0 Å². The highest BCUT2D eigenvalue weighted by Gasteiger charge is 2.30. The fraction of sp³-hybridized carbons (Fsp3) is 0.476. The number of morpholine rings is 1. The van der Waals surface area contributed by atoms with Gasteiger partial charge >= 0.3 is 0 Å². The number of aromatic nitrogens is 1. The van der Waals surface area contributed by atoms with Crippen molar-refractivity contribution in [3.63, 3.8) is 0 Å². The Morgan fingerprint density at radius 1 is 1.24 bits per heavy atom. The van der Waals surface area contributed by atoms with E-state index in [0.717, 1.165) is 25.2 Å². The molecule has 3 rings (SSSR count). The average Bonchev–Trinajstić information content (AvgIpc) is 2.96. The van der Waals surface area contributed by atoms with Crippen LogP contribution < -0.4 is 0 Å². The molecule has 0 spiro atoms. The Bertz CT molecular complexity index is 721. The van der Waals surface area contributed by atoms with E-state index in [0.29, 0.717) is 5.92 Å². The van der Waals surface area contributed by atoms with Gasteiger partial charge < -0.3 is 9.30 Å². The number of ketones is 1. The topological polar surface area (TPSA) is 34.5 Å². The molecular formula is C21H28N2O2.